The smallest absolute Gasteiger partial charge is 0.203 e. The zero-order valence-electron chi connectivity index (χ0n) is 12.2. The number of amidine groups is 1. The first-order valence-electron chi connectivity index (χ1n) is 6.42. The molecule has 0 bridgehead atoms. The second-order valence-corrected chi connectivity index (χ2v) is 5.61. The Kier molecular flexibility index (Phi) is 5.00. The zero-order chi connectivity index (χ0) is 14.5. The minimum atomic E-state index is 0.590. The Hall–Kier alpha value is -1.56. The van der Waals surface area contributed by atoms with Gasteiger partial charge in [-0.25, -0.2) is 0 Å². The summed E-state index contributed by atoms with van der Waals surface area (Å²) in [5.41, 5.74) is 0.875. The van der Waals surface area contributed by atoms with Crippen molar-refractivity contribution in [3.8, 4) is 17.2 Å². The molecule has 0 aliphatic carbocycles. The molecule has 110 valence electrons. The summed E-state index contributed by atoms with van der Waals surface area (Å²) in [4.78, 5) is 4.51. The van der Waals surface area contributed by atoms with E-state index in [4.69, 9.17) is 14.2 Å². The normalized spacial score (nSPS) is 18.2. The summed E-state index contributed by atoms with van der Waals surface area (Å²) in [7, 11) is 4.81. The molecule has 0 spiro atoms. The lowest BCUT2D eigenvalue weighted by atomic mass is 10.2. The molecule has 1 aromatic carbocycles. The van der Waals surface area contributed by atoms with Crippen LogP contribution in [-0.4, -0.2) is 38.8 Å². The van der Waals surface area contributed by atoms with Gasteiger partial charge in [0.2, 0.25) is 5.75 Å². The molecule has 1 unspecified atom stereocenters. The van der Waals surface area contributed by atoms with E-state index in [0.29, 0.717) is 23.2 Å². The van der Waals surface area contributed by atoms with E-state index in [9.17, 15) is 0 Å². The Morgan fingerprint density at radius 1 is 1.15 bits per heavy atom. The largest absolute Gasteiger partial charge is 0.493 e. The molecule has 6 heteroatoms. The van der Waals surface area contributed by atoms with Crippen LogP contribution in [0.4, 0.5) is 5.69 Å². The number of anilines is 1. The molecular weight excluding hydrogens is 276 g/mol. The summed E-state index contributed by atoms with van der Waals surface area (Å²) in [6.45, 7) is 3.06. The molecule has 2 rings (SSSR count). The fraction of sp³-hybridized carbons (Fsp3) is 0.500. The highest BCUT2D eigenvalue weighted by molar-refractivity contribution is 8.14. The number of ether oxygens (including phenoxy) is 3. The molecule has 1 atom stereocenters. The first-order valence-corrected chi connectivity index (χ1v) is 7.40. The van der Waals surface area contributed by atoms with Gasteiger partial charge in [-0.2, -0.15) is 0 Å². The van der Waals surface area contributed by atoms with Gasteiger partial charge in [-0.3, -0.25) is 4.99 Å². The average Bonchev–Trinajstić information content (AvgIpc) is 2.48. The quantitative estimate of drug-likeness (QED) is 0.926. The number of aliphatic imine (C=N–C) groups is 1. The lowest BCUT2D eigenvalue weighted by Crippen LogP contribution is -2.18. The zero-order valence-corrected chi connectivity index (χ0v) is 13.0. The van der Waals surface area contributed by atoms with Gasteiger partial charge in [-0.15, -0.1) is 0 Å². The van der Waals surface area contributed by atoms with Crippen LogP contribution in [0.25, 0.3) is 0 Å². The molecule has 20 heavy (non-hydrogen) atoms. The van der Waals surface area contributed by atoms with Gasteiger partial charge >= 0.3 is 0 Å². The van der Waals surface area contributed by atoms with Crippen LogP contribution in [0.2, 0.25) is 0 Å². The van der Waals surface area contributed by atoms with Crippen molar-refractivity contribution in [2.75, 3.05) is 38.9 Å². The summed E-state index contributed by atoms with van der Waals surface area (Å²) in [6, 6.07) is 3.75. The molecule has 1 aliphatic rings. The number of hydrogen-bond acceptors (Lipinski definition) is 6. The molecule has 0 radical (unpaired) electrons. The van der Waals surface area contributed by atoms with Crippen LogP contribution in [0, 0.1) is 5.92 Å². The molecule has 1 N–H and O–H groups in total. The van der Waals surface area contributed by atoms with E-state index in [1.54, 1.807) is 33.1 Å². The maximum absolute atomic E-state index is 5.33. The molecule has 1 aliphatic heterocycles. The van der Waals surface area contributed by atoms with Crippen LogP contribution in [0.15, 0.2) is 17.1 Å². The predicted molar refractivity (Wildman–Crippen MR) is 83.6 cm³/mol. The van der Waals surface area contributed by atoms with Crippen LogP contribution < -0.4 is 19.5 Å². The Bertz CT molecular complexity index is 480. The molecule has 1 heterocycles. The topological polar surface area (TPSA) is 52.1 Å². The van der Waals surface area contributed by atoms with Gasteiger partial charge in [0.25, 0.3) is 0 Å². The summed E-state index contributed by atoms with van der Waals surface area (Å²) in [6.07, 6.45) is 0. The Labute approximate surface area is 123 Å². The van der Waals surface area contributed by atoms with E-state index in [0.717, 1.165) is 23.2 Å². The molecule has 0 amide bonds. The summed E-state index contributed by atoms with van der Waals surface area (Å²) in [5, 5.41) is 4.23. The Balaban J connectivity index is 2.24. The minimum Gasteiger partial charge on any atom is -0.493 e. The van der Waals surface area contributed by atoms with E-state index in [1.165, 1.54) is 0 Å². The highest BCUT2D eigenvalue weighted by Gasteiger charge is 2.16. The number of nitrogens with one attached hydrogen (secondary N) is 1. The number of methoxy groups -OCH3 is 3. The van der Waals surface area contributed by atoms with Gasteiger partial charge in [0.05, 0.1) is 21.3 Å². The molecule has 0 aromatic heterocycles. The molecule has 0 fully saturated rings. The van der Waals surface area contributed by atoms with Crippen molar-refractivity contribution in [2.45, 2.75) is 6.92 Å². The Morgan fingerprint density at radius 2 is 1.80 bits per heavy atom. The van der Waals surface area contributed by atoms with E-state index >= 15 is 0 Å². The maximum atomic E-state index is 5.33. The fourth-order valence-electron chi connectivity index (χ4n) is 1.91. The fourth-order valence-corrected chi connectivity index (χ4v) is 2.81. The van der Waals surface area contributed by atoms with Crippen molar-refractivity contribution in [1.29, 1.82) is 0 Å². The third kappa shape index (κ3) is 3.30. The maximum Gasteiger partial charge on any atom is 0.203 e. The summed E-state index contributed by atoms with van der Waals surface area (Å²) >= 11 is 1.73. The molecule has 0 saturated heterocycles. The highest BCUT2D eigenvalue weighted by atomic mass is 32.2. The average molecular weight is 296 g/mol. The van der Waals surface area contributed by atoms with E-state index in [1.807, 2.05) is 12.1 Å². The number of rotatable bonds is 4. The van der Waals surface area contributed by atoms with E-state index in [2.05, 4.69) is 17.2 Å². The van der Waals surface area contributed by atoms with Gasteiger partial charge in [0.1, 0.15) is 0 Å². The number of hydrogen-bond donors (Lipinski definition) is 1. The van der Waals surface area contributed by atoms with Crippen LogP contribution in [0.3, 0.4) is 0 Å². The SMILES string of the molecule is COc1cc(NC2=NCC(C)CS2)cc(OC)c1OC. The predicted octanol–water partition coefficient (Wildman–Crippen LogP) is 2.86. The van der Waals surface area contributed by atoms with Crippen molar-refractivity contribution >= 4 is 22.6 Å². The van der Waals surface area contributed by atoms with Crippen molar-refractivity contribution in [1.82, 2.24) is 0 Å². The van der Waals surface area contributed by atoms with Gasteiger partial charge in [-0.05, 0) is 5.92 Å². The van der Waals surface area contributed by atoms with Crippen LogP contribution in [0.1, 0.15) is 6.92 Å². The van der Waals surface area contributed by atoms with Gasteiger partial charge in [-0.1, -0.05) is 18.7 Å². The molecule has 5 nitrogen and oxygen atoms in total. The Morgan fingerprint density at radius 3 is 2.25 bits per heavy atom. The minimum absolute atomic E-state index is 0.590. The van der Waals surface area contributed by atoms with Gasteiger partial charge in [0, 0.05) is 30.1 Å². The van der Waals surface area contributed by atoms with Crippen LogP contribution >= 0.6 is 11.8 Å². The molecular formula is C14H20N2O3S. The first-order chi connectivity index (χ1) is 9.67. The first kappa shape index (κ1) is 14.8. The number of benzene rings is 1. The molecule has 1 aromatic rings. The van der Waals surface area contributed by atoms with E-state index in [-0.39, 0.29) is 0 Å². The van der Waals surface area contributed by atoms with Crippen LogP contribution in [-0.2, 0) is 0 Å². The standard InChI is InChI=1S/C14H20N2O3S/c1-9-7-15-14(20-8-9)16-10-5-11(17-2)13(19-4)12(6-10)18-3/h5-6,9H,7-8H2,1-4H3,(H,15,16). The lowest BCUT2D eigenvalue weighted by Gasteiger charge is -2.19. The number of nitrogens with zero attached hydrogens (tertiary/aromatic N) is 1. The monoisotopic (exact) mass is 296 g/mol. The second kappa shape index (κ2) is 6.74. The second-order valence-electron chi connectivity index (χ2n) is 4.60. The van der Waals surface area contributed by atoms with Crippen molar-refractivity contribution < 1.29 is 14.2 Å². The van der Waals surface area contributed by atoms with Crippen molar-refractivity contribution in [2.24, 2.45) is 10.9 Å². The van der Waals surface area contributed by atoms with Gasteiger partial charge in [0.15, 0.2) is 16.7 Å². The third-order valence-corrected chi connectivity index (χ3v) is 4.21. The third-order valence-electron chi connectivity index (χ3n) is 2.97. The summed E-state index contributed by atoms with van der Waals surface area (Å²) in [5.74, 6) is 3.56. The lowest BCUT2D eigenvalue weighted by molar-refractivity contribution is 0.324. The van der Waals surface area contributed by atoms with Crippen LogP contribution in [0.5, 0.6) is 17.2 Å². The number of thioether (sulfide) groups is 1. The van der Waals surface area contributed by atoms with Crippen molar-refractivity contribution in [3.05, 3.63) is 12.1 Å². The van der Waals surface area contributed by atoms with Crippen molar-refractivity contribution in [3.63, 3.8) is 0 Å². The summed E-state index contributed by atoms with van der Waals surface area (Å²) < 4.78 is 16.0. The van der Waals surface area contributed by atoms with Gasteiger partial charge < -0.3 is 19.5 Å². The highest BCUT2D eigenvalue weighted by Crippen LogP contribution is 2.40. The van der Waals surface area contributed by atoms with E-state index < -0.39 is 0 Å². The molecule has 0 saturated carbocycles.